The van der Waals surface area contributed by atoms with Crippen molar-refractivity contribution in [2.45, 2.75) is 32.9 Å². The van der Waals surface area contributed by atoms with E-state index < -0.39 is 0 Å². The van der Waals surface area contributed by atoms with Gasteiger partial charge in [-0.1, -0.05) is 0 Å². The van der Waals surface area contributed by atoms with Crippen LogP contribution in [-0.4, -0.2) is 10.4 Å². The molecule has 0 unspecified atom stereocenters. The Morgan fingerprint density at radius 1 is 1.43 bits per heavy atom. The molecule has 1 nitrogen and oxygen atoms in total. The van der Waals surface area contributed by atoms with E-state index in [0.29, 0.717) is 0 Å². The summed E-state index contributed by atoms with van der Waals surface area (Å²) in [6.07, 6.45) is 1.62. The third kappa shape index (κ3) is 1.57. The van der Waals surface area contributed by atoms with Crippen LogP contribution < -0.4 is 0 Å². The maximum Gasteiger partial charge on any atom is 0.147 e. The number of nitrogens with zero attached hydrogens (tertiary/aromatic N) is 1. The zero-order chi connectivity index (χ0) is 10.3. The van der Waals surface area contributed by atoms with Crippen LogP contribution in [0.15, 0.2) is 17.6 Å². The van der Waals surface area contributed by atoms with Crippen LogP contribution in [0.2, 0.25) is 0 Å². The van der Waals surface area contributed by atoms with Crippen LogP contribution in [0.25, 0.3) is 5.83 Å². The molecule has 76 valence electrons. The fourth-order valence-electron chi connectivity index (χ4n) is 1.51. The molecule has 1 aromatic rings. The van der Waals surface area contributed by atoms with E-state index >= 15 is 0 Å². The minimum atomic E-state index is -0.109. The van der Waals surface area contributed by atoms with Gasteiger partial charge < -0.3 is 4.90 Å². The largest absolute Gasteiger partial charge is 0.365 e. The monoisotopic (exact) mass is 211 g/mol. The van der Waals surface area contributed by atoms with E-state index in [1.165, 1.54) is 0 Å². The lowest BCUT2D eigenvalue weighted by Gasteiger charge is -2.36. The molecular weight excluding hydrogens is 197 g/mol. The Hall–Kier alpha value is -0.830. The third-order valence-corrected chi connectivity index (χ3v) is 3.35. The molecule has 0 saturated heterocycles. The van der Waals surface area contributed by atoms with Gasteiger partial charge in [-0.15, -0.1) is 11.3 Å². The molecular formula is C11H14FNS. The number of rotatable bonds is 0. The predicted molar refractivity (Wildman–Crippen MR) is 58.7 cm³/mol. The van der Waals surface area contributed by atoms with Gasteiger partial charge in [-0.05, 0) is 32.2 Å². The lowest BCUT2D eigenvalue weighted by Crippen LogP contribution is -2.37. The van der Waals surface area contributed by atoms with Gasteiger partial charge in [0.25, 0.3) is 0 Å². The molecule has 0 bridgehead atoms. The molecule has 0 aliphatic carbocycles. The van der Waals surface area contributed by atoms with Crippen molar-refractivity contribution in [3.63, 3.8) is 0 Å². The van der Waals surface area contributed by atoms with Gasteiger partial charge in [0, 0.05) is 22.2 Å². The van der Waals surface area contributed by atoms with Crippen molar-refractivity contribution in [1.82, 2.24) is 4.90 Å². The van der Waals surface area contributed by atoms with Crippen LogP contribution in [0, 0.1) is 0 Å². The first-order chi connectivity index (χ1) is 6.48. The molecule has 0 radical (unpaired) electrons. The fourth-order valence-corrected chi connectivity index (χ4v) is 2.39. The van der Waals surface area contributed by atoms with Gasteiger partial charge in [0.05, 0.1) is 6.54 Å². The minimum Gasteiger partial charge on any atom is -0.365 e. The van der Waals surface area contributed by atoms with Crippen LogP contribution in [0.5, 0.6) is 0 Å². The predicted octanol–water partition coefficient (Wildman–Crippen LogP) is 3.63. The van der Waals surface area contributed by atoms with Crippen molar-refractivity contribution in [3.05, 3.63) is 28.1 Å². The Morgan fingerprint density at radius 3 is 2.79 bits per heavy atom. The first kappa shape index (κ1) is 9.71. The Bertz CT molecular complexity index is 373. The standard InChI is InChI=1S/C11H14FNS/c1-11(2,3)13-6-9(12)8-4-5-14-10(8)7-13/h4-6H,7H2,1-3H3. The van der Waals surface area contributed by atoms with Gasteiger partial charge in [-0.25, -0.2) is 4.39 Å². The minimum absolute atomic E-state index is 0.0149. The van der Waals surface area contributed by atoms with Crippen molar-refractivity contribution >= 4 is 17.2 Å². The van der Waals surface area contributed by atoms with Crippen LogP contribution in [0.4, 0.5) is 4.39 Å². The van der Waals surface area contributed by atoms with Gasteiger partial charge in [0.15, 0.2) is 0 Å². The second kappa shape index (κ2) is 3.09. The highest BCUT2D eigenvalue weighted by Crippen LogP contribution is 2.34. The number of thiophene rings is 1. The Balaban J connectivity index is 2.37. The van der Waals surface area contributed by atoms with Crippen molar-refractivity contribution < 1.29 is 4.39 Å². The highest BCUT2D eigenvalue weighted by Gasteiger charge is 2.25. The summed E-state index contributed by atoms with van der Waals surface area (Å²) >= 11 is 1.63. The van der Waals surface area contributed by atoms with Crippen LogP contribution in [-0.2, 0) is 6.54 Å². The van der Waals surface area contributed by atoms with E-state index in [-0.39, 0.29) is 11.4 Å². The Kier molecular flexibility index (Phi) is 2.14. The SMILES string of the molecule is CC(C)(C)N1C=C(F)c2ccsc2C1. The molecule has 1 aliphatic rings. The van der Waals surface area contributed by atoms with Gasteiger partial charge >= 0.3 is 0 Å². The van der Waals surface area contributed by atoms with E-state index in [1.807, 2.05) is 16.3 Å². The first-order valence-corrected chi connectivity index (χ1v) is 5.57. The molecule has 0 saturated carbocycles. The van der Waals surface area contributed by atoms with Crippen LogP contribution in [0.1, 0.15) is 31.2 Å². The van der Waals surface area contributed by atoms with Crippen molar-refractivity contribution in [1.29, 1.82) is 0 Å². The molecule has 3 heteroatoms. The Morgan fingerprint density at radius 2 is 2.14 bits per heavy atom. The summed E-state index contributed by atoms with van der Waals surface area (Å²) in [6, 6.07) is 1.85. The average molecular weight is 211 g/mol. The maximum absolute atomic E-state index is 13.6. The fraction of sp³-hybridized carbons (Fsp3) is 0.455. The smallest absolute Gasteiger partial charge is 0.147 e. The average Bonchev–Trinajstić information content (AvgIpc) is 2.50. The highest BCUT2D eigenvalue weighted by atomic mass is 32.1. The molecule has 0 amide bonds. The van der Waals surface area contributed by atoms with Gasteiger partial charge in [-0.2, -0.15) is 0 Å². The molecule has 0 fully saturated rings. The summed E-state index contributed by atoms with van der Waals surface area (Å²) in [5.41, 5.74) is 0.759. The molecule has 2 heterocycles. The Labute approximate surface area is 87.9 Å². The molecule has 0 atom stereocenters. The number of fused-ring (bicyclic) bond motifs is 1. The van der Waals surface area contributed by atoms with Crippen LogP contribution >= 0.6 is 11.3 Å². The van der Waals surface area contributed by atoms with Crippen LogP contribution in [0.3, 0.4) is 0 Å². The van der Waals surface area contributed by atoms with Crippen molar-refractivity contribution in [2.75, 3.05) is 0 Å². The summed E-state index contributed by atoms with van der Waals surface area (Å²) in [7, 11) is 0. The van der Waals surface area contributed by atoms with Gasteiger partial charge in [-0.3, -0.25) is 0 Å². The molecule has 2 rings (SSSR count). The lowest BCUT2D eigenvalue weighted by molar-refractivity contribution is 0.195. The van der Waals surface area contributed by atoms with Crippen molar-refractivity contribution in [3.8, 4) is 0 Å². The second-order valence-corrected chi connectivity index (χ2v) is 5.53. The van der Waals surface area contributed by atoms with E-state index in [2.05, 4.69) is 20.8 Å². The number of hydrogen-bond donors (Lipinski definition) is 0. The normalized spacial score (nSPS) is 16.6. The molecule has 0 aromatic carbocycles. The number of hydrogen-bond acceptors (Lipinski definition) is 2. The van der Waals surface area contributed by atoms with Gasteiger partial charge in [0.1, 0.15) is 5.83 Å². The summed E-state index contributed by atoms with van der Waals surface area (Å²) in [6.45, 7) is 7.10. The number of halogens is 1. The van der Waals surface area contributed by atoms with E-state index in [4.69, 9.17) is 0 Å². The highest BCUT2D eigenvalue weighted by molar-refractivity contribution is 7.10. The topological polar surface area (TPSA) is 3.24 Å². The summed E-state index contributed by atoms with van der Waals surface area (Å²) in [4.78, 5) is 3.17. The van der Waals surface area contributed by atoms with E-state index in [1.54, 1.807) is 17.5 Å². The lowest BCUT2D eigenvalue weighted by atomic mass is 10.0. The summed E-state index contributed by atoms with van der Waals surface area (Å²) < 4.78 is 13.6. The summed E-state index contributed by atoms with van der Waals surface area (Å²) in [5.74, 6) is -0.109. The summed E-state index contributed by atoms with van der Waals surface area (Å²) in [5, 5.41) is 1.95. The van der Waals surface area contributed by atoms with Crippen molar-refractivity contribution in [2.24, 2.45) is 0 Å². The van der Waals surface area contributed by atoms with Gasteiger partial charge in [0.2, 0.25) is 0 Å². The molecule has 0 N–H and O–H groups in total. The third-order valence-electron chi connectivity index (χ3n) is 2.45. The molecule has 14 heavy (non-hydrogen) atoms. The van der Waals surface area contributed by atoms with E-state index in [0.717, 1.165) is 17.0 Å². The molecule has 1 aliphatic heterocycles. The zero-order valence-electron chi connectivity index (χ0n) is 8.67. The molecule has 0 spiro atoms. The first-order valence-electron chi connectivity index (χ1n) is 4.69. The quantitative estimate of drug-likeness (QED) is 0.633. The van der Waals surface area contributed by atoms with E-state index in [9.17, 15) is 4.39 Å². The second-order valence-electron chi connectivity index (χ2n) is 4.53. The maximum atomic E-state index is 13.6. The zero-order valence-corrected chi connectivity index (χ0v) is 9.49. The molecule has 1 aromatic heterocycles.